The number of thiophene rings is 1. The van der Waals surface area contributed by atoms with E-state index in [0.29, 0.717) is 16.1 Å². The maximum Gasteiger partial charge on any atom is 0.338 e. The summed E-state index contributed by atoms with van der Waals surface area (Å²) in [6.45, 7) is 1.34. The van der Waals surface area contributed by atoms with Gasteiger partial charge in [-0.25, -0.2) is 4.79 Å². The Morgan fingerprint density at radius 1 is 1.26 bits per heavy atom. The van der Waals surface area contributed by atoms with Crippen LogP contribution in [0.1, 0.15) is 50.1 Å². The van der Waals surface area contributed by atoms with Gasteiger partial charge in [-0.3, -0.25) is 9.59 Å². The third-order valence-electron chi connectivity index (χ3n) is 4.43. The molecule has 27 heavy (non-hydrogen) atoms. The van der Waals surface area contributed by atoms with Gasteiger partial charge in [-0.05, 0) is 49.4 Å². The Labute approximate surface area is 160 Å². The molecule has 3 rings (SSSR count). The van der Waals surface area contributed by atoms with Gasteiger partial charge < -0.3 is 20.9 Å². The first-order valence-electron chi connectivity index (χ1n) is 8.56. The van der Waals surface area contributed by atoms with Crippen LogP contribution in [0, 0.1) is 0 Å². The highest BCUT2D eigenvalue weighted by Gasteiger charge is 2.28. The Bertz CT molecular complexity index is 888. The Balaban J connectivity index is 1.67. The molecule has 7 nitrogen and oxygen atoms in total. The van der Waals surface area contributed by atoms with Crippen LogP contribution in [0.2, 0.25) is 0 Å². The van der Waals surface area contributed by atoms with E-state index in [1.807, 2.05) is 0 Å². The van der Waals surface area contributed by atoms with Crippen LogP contribution in [0.3, 0.4) is 0 Å². The predicted molar refractivity (Wildman–Crippen MR) is 101 cm³/mol. The highest BCUT2D eigenvalue weighted by atomic mass is 32.1. The first-order chi connectivity index (χ1) is 12.9. The number of anilines is 1. The van der Waals surface area contributed by atoms with E-state index in [1.165, 1.54) is 30.4 Å². The zero-order valence-electron chi connectivity index (χ0n) is 14.8. The van der Waals surface area contributed by atoms with Gasteiger partial charge in [0, 0.05) is 4.88 Å². The number of carbonyl (C=O) groups is 3. The minimum Gasteiger partial charge on any atom is -0.449 e. The number of nitrogens with one attached hydrogen (secondary N) is 1. The van der Waals surface area contributed by atoms with E-state index in [2.05, 4.69) is 5.32 Å². The van der Waals surface area contributed by atoms with E-state index in [9.17, 15) is 14.4 Å². The molecule has 1 atom stereocenters. The summed E-state index contributed by atoms with van der Waals surface area (Å²) in [5.41, 5.74) is 7.70. The van der Waals surface area contributed by atoms with Crippen molar-refractivity contribution in [3.05, 3.63) is 51.4 Å². The van der Waals surface area contributed by atoms with Crippen molar-refractivity contribution in [2.24, 2.45) is 5.73 Å². The molecule has 1 aliphatic rings. The molecule has 1 aliphatic carbocycles. The molecular formula is C19H20N2O5S. The van der Waals surface area contributed by atoms with Crippen LogP contribution in [0.5, 0.6) is 0 Å². The number of hydrogen-bond donors (Lipinski definition) is 3. The van der Waals surface area contributed by atoms with Gasteiger partial charge >= 0.3 is 5.97 Å². The molecule has 2 aromatic rings. The summed E-state index contributed by atoms with van der Waals surface area (Å²) in [7, 11) is 0. The third kappa shape index (κ3) is 4.01. The minimum absolute atomic E-state index is 0.124. The summed E-state index contributed by atoms with van der Waals surface area (Å²) in [5, 5.41) is 12.1. The van der Waals surface area contributed by atoms with Gasteiger partial charge in [0.2, 0.25) is 0 Å². The van der Waals surface area contributed by atoms with Gasteiger partial charge in [-0.15, -0.1) is 11.3 Å². The van der Waals surface area contributed by atoms with E-state index >= 15 is 0 Å². The number of rotatable bonds is 6. The summed E-state index contributed by atoms with van der Waals surface area (Å²) in [5.74, 6) is -1.75. The number of amides is 2. The normalized spacial score (nSPS) is 13.7. The second-order valence-corrected chi connectivity index (χ2v) is 7.42. The molecule has 8 heteroatoms. The molecule has 2 amide bonds. The Hall–Kier alpha value is -2.71. The molecule has 0 saturated heterocycles. The van der Waals surface area contributed by atoms with Crippen molar-refractivity contribution in [2.45, 2.75) is 38.9 Å². The highest BCUT2D eigenvalue weighted by molar-refractivity contribution is 7.17. The Kier molecular flexibility index (Phi) is 5.57. The lowest BCUT2D eigenvalue weighted by molar-refractivity contribution is -0.123. The Morgan fingerprint density at radius 3 is 2.59 bits per heavy atom. The van der Waals surface area contributed by atoms with E-state index in [4.69, 9.17) is 15.6 Å². The summed E-state index contributed by atoms with van der Waals surface area (Å²) < 4.78 is 5.20. The van der Waals surface area contributed by atoms with Crippen molar-refractivity contribution in [3.63, 3.8) is 0 Å². The quantitative estimate of drug-likeness (QED) is 0.654. The average molecular weight is 388 g/mol. The first kappa shape index (κ1) is 19.1. The van der Waals surface area contributed by atoms with Gasteiger partial charge in [-0.2, -0.15) is 0 Å². The van der Waals surface area contributed by atoms with Gasteiger partial charge in [0.1, 0.15) is 5.00 Å². The molecular weight excluding hydrogens is 368 g/mol. The van der Waals surface area contributed by atoms with Crippen LogP contribution in [-0.4, -0.2) is 29.0 Å². The maximum absolute atomic E-state index is 12.4. The minimum atomic E-state index is -1.05. The SMILES string of the molecule is C[C@@H](OC(=O)c1ccc(CO)cc1)C(=O)Nc1sc2c(c1C(N)=O)CCC2. The monoisotopic (exact) mass is 388 g/mol. The number of carbonyl (C=O) groups excluding carboxylic acids is 3. The zero-order valence-corrected chi connectivity index (χ0v) is 15.6. The number of aryl methyl sites for hydroxylation is 1. The largest absolute Gasteiger partial charge is 0.449 e. The van der Waals surface area contributed by atoms with Crippen molar-refractivity contribution < 1.29 is 24.2 Å². The molecule has 1 aromatic heterocycles. The molecule has 0 unspecified atom stereocenters. The number of esters is 1. The lowest BCUT2D eigenvalue weighted by Crippen LogP contribution is -2.30. The van der Waals surface area contributed by atoms with E-state index in [-0.39, 0.29) is 12.2 Å². The Morgan fingerprint density at radius 2 is 1.96 bits per heavy atom. The van der Waals surface area contributed by atoms with Gasteiger partial charge in [0.05, 0.1) is 17.7 Å². The number of fused-ring (bicyclic) bond motifs is 1. The molecule has 0 bridgehead atoms. The third-order valence-corrected chi connectivity index (χ3v) is 5.64. The number of primary amides is 1. The molecule has 0 saturated carbocycles. The van der Waals surface area contributed by atoms with Crippen LogP contribution >= 0.6 is 11.3 Å². The van der Waals surface area contributed by atoms with Gasteiger partial charge in [0.25, 0.3) is 11.8 Å². The van der Waals surface area contributed by atoms with Crippen LogP contribution in [0.15, 0.2) is 24.3 Å². The molecule has 1 heterocycles. The summed E-state index contributed by atoms with van der Waals surface area (Å²) in [6.07, 6.45) is 1.56. The van der Waals surface area contributed by atoms with Gasteiger partial charge in [-0.1, -0.05) is 12.1 Å². The fourth-order valence-corrected chi connectivity index (χ4v) is 4.29. The van der Waals surface area contributed by atoms with Crippen molar-refractivity contribution in [2.75, 3.05) is 5.32 Å². The fraction of sp³-hybridized carbons (Fsp3) is 0.316. The highest BCUT2D eigenvalue weighted by Crippen LogP contribution is 2.38. The molecule has 0 radical (unpaired) electrons. The maximum atomic E-state index is 12.4. The van der Waals surface area contributed by atoms with Crippen LogP contribution in [-0.2, 0) is 29.0 Å². The zero-order chi connectivity index (χ0) is 19.6. The topological polar surface area (TPSA) is 119 Å². The second-order valence-electron chi connectivity index (χ2n) is 6.32. The standard InChI is InChI=1S/C19H20N2O5S/c1-10(26-19(25)12-7-5-11(9-22)6-8-12)17(24)21-18-15(16(20)23)13-3-2-4-14(13)27-18/h5-8,10,22H,2-4,9H2,1H3,(H2,20,23)(H,21,24)/t10-/m1/s1. The van der Waals surface area contributed by atoms with Crippen LogP contribution < -0.4 is 11.1 Å². The number of nitrogens with two attached hydrogens (primary N) is 1. The molecule has 0 spiro atoms. The number of aliphatic hydroxyl groups excluding tert-OH is 1. The smallest absolute Gasteiger partial charge is 0.338 e. The number of benzene rings is 1. The number of aliphatic hydroxyl groups is 1. The molecule has 142 valence electrons. The van der Waals surface area contributed by atoms with Crippen LogP contribution in [0.25, 0.3) is 0 Å². The second kappa shape index (κ2) is 7.89. The number of hydrogen-bond acceptors (Lipinski definition) is 6. The average Bonchev–Trinajstić information content (AvgIpc) is 3.21. The fourth-order valence-electron chi connectivity index (χ4n) is 2.99. The summed E-state index contributed by atoms with van der Waals surface area (Å²) in [6, 6.07) is 6.25. The molecule has 1 aromatic carbocycles. The molecule has 4 N–H and O–H groups in total. The van der Waals surface area contributed by atoms with E-state index in [1.54, 1.807) is 12.1 Å². The van der Waals surface area contributed by atoms with Crippen molar-refractivity contribution in [1.82, 2.24) is 0 Å². The number of ether oxygens (including phenoxy) is 1. The lowest BCUT2D eigenvalue weighted by atomic mass is 10.1. The summed E-state index contributed by atoms with van der Waals surface area (Å²) in [4.78, 5) is 37.4. The van der Waals surface area contributed by atoms with Crippen molar-refractivity contribution in [1.29, 1.82) is 0 Å². The van der Waals surface area contributed by atoms with E-state index < -0.39 is 23.9 Å². The summed E-state index contributed by atoms with van der Waals surface area (Å²) >= 11 is 1.35. The predicted octanol–water partition coefficient (Wildman–Crippen LogP) is 2.01. The first-order valence-corrected chi connectivity index (χ1v) is 9.38. The lowest BCUT2D eigenvalue weighted by Gasteiger charge is -2.14. The molecule has 0 fully saturated rings. The molecule has 0 aliphatic heterocycles. The van der Waals surface area contributed by atoms with Crippen molar-refractivity contribution >= 4 is 34.1 Å². The van der Waals surface area contributed by atoms with Crippen molar-refractivity contribution in [3.8, 4) is 0 Å². The van der Waals surface area contributed by atoms with Crippen LogP contribution in [0.4, 0.5) is 5.00 Å². The van der Waals surface area contributed by atoms with E-state index in [0.717, 1.165) is 29.7 Å². The van der Waals surface area contributed by atoms with Gasteiger partial charge in [0.15, 0.2) is 6.10 Å².